The van der Waals surface area contributed by atoms with Crippen molar-refractivity contribution in [3.8, 4) is 0 Å². The molecule has 216 valence electrons. The predicted octanol–water partition coefficient (Wildman–Crippen LogP) is 8.44. The SMILES string of the molecule is CC/C=C\C/C=C\C/C=C\C/C=C\CCCCCCC(=O)NC(CO)C(O)/C=C/CC/C=C/CCCCC. The normalized spacial score (nSPS) is 14.3. The molecule has 4 heteroatoms. The molecule has 0 bridgehead atoms. The number of aliphatic hydroxyl groups excluding tert-OH is 2. The first-order chi connectivity index (χ1) is 18.7. The second kappa shape index (κ2) is 29.4. The smallest absolute Gasteiger partial charge is 0.220 e. The maximum Gasteiger partial charge on any atom is 0.220 e. The molecule has 4 nitrogen and oxygen atoms in total. The van der Waals surface area contributed by atoms with E-state index in [1.807, 2.05) is 6.08 Å². The molecule has 0 aliphatic carbocycles. The summed E-state index contributed by atoms with van der Waals surface area (Å²) in [6, 6.07) is -0.651. The summed E-state index contributed by atoms with van der Waals surface area (Å²) in [6.45, 7) is 4.08. The van der Waals surface area contributed by atoms with Gasteiger partial charge < -0.3 is 15.5 Å². The van der Waals surface area contributed by atoms with Gasteiger partial charge in [0.1, 0.15) is 0 Å². The zero-order chi connectivity index (χ0) is 27.9. The highest BCUT2D eigenvalue weighted by molar-refractivity contribution is 5.76. The van der Waals surface area contributed by atoms with E-state index in [0.29, 0.717) is 6.42 Å². The molecule has 0 heterocycles. The predicted molar refractivity (Wildman–Crippen MR) is 165 cm³/mol. The van der Waals surface area contributed by atoms with Gasteiger partial charge in [-0.25, -0.2) is 0 Å². The zero-order valence-corrected chi connectivity index (χ0v) is 24.4. The number of rotatable bonds is 25. The molecule has 0 aliphatic heterocycles. The van der Waals surface area contributed by atoms with Gasteiger partial charge in [0.05, 0.1) is 18.8 Å². The van der Waals surface area contributed by atoms with Crippen molar-refractivity contribution in [3.05, 3.63) is 72.9 Å². The molecule has 2 atom stereocenters. The second-order valence-corrected chi connectivity index (χ2v) is 9.77. The zero-order valence-electron chi connectivity index (χ0n) is 24.4. The quantitative estimate of drug-likeness (QED) is 0.0824. The average Bonchev–Trinajstić information content (AvgIpc) is 2.92. The summed E-state index contributed by atoms with van der Waals surface area (Å²) < 4.78 is 0. The van der Waals surface area contributed by atoms with Gasteiger partial charge in [-0.05, 0) is 70.6 Å². The van der Waals surface area contributed by atoms with E-state index in [1.54, 1.807) is 6.08 Å². The van der Waals surface area contributed by atoms with Crippen molar-refractivity contribution in [2.75, 3.05) is 6.61 Å². The fraction of sp³-hybridized carbons (Fsp3) is 0.618. The van der Waals surface area contributed by atoms with E-state index in [0.717, 1.165) is 77.0 Å². The number of nitrogens with one attached hydrogen (secondary N) is 1. The second-order valence-electron chi connectivity index (χ2n) is 9.77. The number of hydrogen-bond donors (Lipinski definition) is 3. The molecule has 0 fully saturated rings. The molecule has 0 aromatic carbocycles. The van der Waals surface area contributed by atoms with E-state index in [2.05, 4.69) is 79.9 Å². The number of allylic oxidation sites excluding steroid dienone is 11. The van der Waals surface area contributed by atoms with Crippen LogP contribution in [-0.4, -0.2) is 34.9 Å². The fourth-order valence-corrected chi connectivity index (χ4v) is 3.83. The first-order valence-corrected chi connectivity index (χ1v) is 15.2. The van der Waals surface area contributed by atoms with Crippen molar-refractivity contribution in [2.24, 2.45) is 0 Å². The summed E-state index contributed by atoms with van der Waals surface area (Å²) in [6.07, 6.45) is 41.2. The molecule has 0 saturated heterocycles. The van der Waals surface area contributed by atoms with Gasteiger partial charge in [-0.2, -0.15) is 0 Å². The van der Waals surface area contributed by atoms with E-state index in [1.165, 1.54) is 19.3 Å². The third kappa shape index (κ3) is 25.5. The molecule has 0 aromatic rings. The van der Waals surface area contributed by atoms with Crippen LogP contribution < -0.4 is 5.32 Å². The van der Waals surface area contributed by atoms with Crippen LogP contribution in [0.15, 0.2) is 72.9 Å². The maximum atomic E-state index is 12.2. The van der Waals surface area contributed by atoms with Crippen LogP contribution in [0.4, 0.5) is 0 Å². The third-order valence-corrected chi connectivity index (χ3v) is 6.17. The number of aliphatic hydroxyl groups is 2. The Hall–Kier alpha value is -2.17. The van der Waals surface area contributed by atoms with E-state index in [4.69, 9.17) is 0 Å². The molecule has 0 spiro atoms. The maximum absolute atomic E-state index is 12.2. The van der Waals surface area contributed by atoms with Gasteiger partial charge in [0.2, 0.25) is 5.91 Å². The van der Waals surface area contributed by atoms with Crippen molar-refractivity contribution >= 4 is 5.91 Å². The topological polar surface area (TPSA) is 69.6 Å². The van der Waals surface area contributed by atoms with Crippen molar-refractivity contribution in [2.45, 2.75) is 129 Å². The average molecular weight is 528 g/mol. The summed E-state index contributed by atoms with van der Waals surface area (Å²) in [5, 5.41) is 22.6. The molecule has 0 saturated carbocycles. The summed E-state index contributed by atoms with van der Waals surface area (Å²) in [7, 11) is 0. The van der Waals surface area contributed by atoms with E-state index in [9.17, 15) is 15.0 Å². The Labute approximate surface area is 234 Å². The minimum absolute atomic E-state index is 0.106. The van der Waals surface area contributed by atoms with Gasteiger partial charge in [-0.15, -0.1) is 0 Å². The molecule has 0 aliphatic rings. The molecule has 0 rings (SSSR count). The van der Waals surface area contributed by atoms with Crippen LogP contribution in [0.3, 0.4) is 0 Å². The highest BCUT2D eigenvalue weighted by Gasteiger charge is 2.17. The lowest BCUT2D eigenvalue weighted by Gasteiger charge is -2.19. The molecule has 1 amide bonds. The van der Waals surface area contributed by atoms with Crippen molar-refractivity contribution in [1.29, 1.82) is 0 Å². The monoisotopic (exact) mass is 527 g/mol. The largest absolute Gasteiger partial charge is 0.394 e. The lowest BCUT2D eigenvalue weighted by Crippen LogP contribution is -2.45. The van der Waals surface area contributed by atoms with Crippen LogP contribution in [0.25, 0.3) is 0 Å². The van der Waals surface area contributed by atoms with E-state index >= 15 is 0 Å². The molecule has 0 radical (unpaired) electrons. The molecular weight excluding hydrogens is 470 g/mol. The Kier molecular flexibility index (Phi) is 27.7. The van der Waals surface area contributed by atoms with Crippen molar-refractivity contribution in [1.82, 2.24) is 5.32 Å². The number of hydrogen-bond acceptors (Lipinski definition) is 3. The summed E-state index contributed by atoms with van der Waals surface area (Å²) in [5.74, 6) is -0.106. The van der Waals surface area contributed by atoms with Gasteiger partial charge >= 0.3 is 0 Å². The van der Waals surface area contributed by atoms with E-state index in [-0.39, 0.29) is 12.5 Å². The van der Waals surface area contributed by atoms with Gasteiger partial charge in [-0.3, -0.25) is 4.79 Å². The van der Waals surface area contributed by atoms with Crippen LogP contribution >= 0.6 is 0 Å². The molecule has 2 unspecified atom stereocenters. The van der Waals surface area contributed by atoms with Crippen molar-refractivity contribution < 1.29 is 15.0 Å². The van der Waals surface area contributed by atoms with Gasteiger partial charge in [0, 0.05) is 6.42 Å². The number of carbonyl (C=O) groups excluding carboxylic acids is 1. The summed E-state index contributed by atoms with van der Waals surface area (Å²) in [5.41, 5.74) is 0. The Bertz CT molecular complexity index is 703. The fourth-order valence-electron chi connectivity index (χ4n) is 3.83. The Morgan fingerprint density at radius 3 is 1.82 bits per heavy atom. The van der Waals surface area contributed by atoms with Crippen molar-refractivity contribution in [3.63, 3.8) is 0 Å². The van der Waals surface area contributed by atoms with Crippen LogP contribution in [0.1, 0.15) is 117 Å². The highest BCUT2D eigenvalue weighted by Crippen LogP contribution is 2.08. The Morgan fingerprint density at radius 2 is 1.18 bits per heavy atom. The standard InChI is InChI=1S/C34H57NO3/c1-3-5-7-9-11-13-14-15-16-17-18-19-20-22-24-26-28-30-34(38)35-32(31-36)33(37)29-27-25-23-21-12-10-8-6-4-2/h5,7,11-13,15-16,18-19,21,27,29,32-33,36-37H,3-4,6,8-10,14,17,20,22-26,28,30-31H2,1-2H3,(H,35,38)/b7-5-,13-11-,16-15-,19-18-,21-12+,29-27+. The lowest BCUT2D eigenvalue weighted by molar-refractivity contribution is -0.123. The Morgan fingerprint density at radius 1 is 0.658 bits per heavy atom. The lowest BCUT2D eigenvalue weighted by atomic mass is 10.1. The van der Waals surface area contributed by atoms with Crippen LogP contribution in [0.5, 0.6) is 0 Å². The Balaban J connectivity index is 3.80. The minimum Gasteiger partial charge on any atom is -0.394 e. The van der Waals surface area contributed by atoms with Gasteiger partial charge in [0.25, 0.3) is 0 Å². The summed E-state index contributed by atoms with van der Waals surface area (Å²) in [4.78, 5) is 12.2. The van der Waals surface area contributed by atoms with E-state index < -0.39 is 12.1 Å². The molecular formula is C34H57NO3. The first-order valence-electron chi connectivity index (χ1n) is 15.2. The van der Waals surface area contributed by atoms with Gasteiger partial charge in [0.15, 0.2) is 0 Å². The minimum atomic E-state index is -0.872. The molecule has 38 heavy (non-hydrogen) atoms. The molecule has 0 aromatic heterocycles. The number of carbonyl (C=O) groups is 1. The first kappa shape index (κ1) is 35.8. The number of unbranched alkanes of at least 4 members (excludes halogenated alkanes) is 8. The highest BCUT2D eigenvalue weighted by atomic mass is 16.3. The third-order valence-electron chi connectivity index (χ3n) is 6.17. The van der Waals surface area contributed by atoms with Gasteiger partial charge in [-0.1, -0.05) is 112 Å². The van der Waals surface area contributed by atoms with Crippen LogP contribution in [-0.2, 0) is 4.79 Å². The van der Waals surface area contributed by atoms with Crippen LogP contribution in [0, 0.1) is 0 Å². The summed E-state index contributed by atoms with van der Waals surface area (Å²) >= 11 is 0. The number of amides is 1. The molecule has 3 N–H and O–H groups in total. The van der Waals surface area contributed by atoms with Crippen LogP contribution in [0.2, 0.25) is 0 Å².